The molecule has 0 aliphatic carbocycles. The quantitative estimate of drug-likeness (QED) is 0.868. The molecule has 96 valence electrons. The maximum atomic E-state index is 9.03. The van der Waals surface area contributed by atoms with E-state index in [0.717, 1.165) is 11.3 Å². The summed E-state index contributed by atoms with van der Waals surface area (Å²) in [5.41, 5.74) is 8.00. The van der Waals surface area contributed by atoms with Crippen LogP contribution < -0.4 is 10.5 Å². The third-order valence-electron chi connectivity index (χ3n) is 2.77. The molecule has 2 rings (SSSR count). The van der Waals surface area contributed by atoms with Crippen molar-refractivity contribution in [2.24, 2.45) is 0 Å². The fourth-order valence-corrected chi connectivity index (χ4v) is 1.97. The monoisotopic (exact) mass is 272 g/mol. The van der Waals surface area contributed by atoms with E-state index in [2.05, 4.69) is 0 Å². The molecule has 0 fully saturated rings. The van der Waals surface area contributed by atoms with E-state index in [0.29, 0.717) is 29.4 Å². The number of hydrogen-bond acceptors (Lipinski definition) is 3. The Balaban J connectivity index is 2.03. The summed E-state index contributed by atoms with van der Waals surface area (Å²) in [6.07, 6.45) is 0.685. The highest BCUT2D eigenvalue weighted by molar-refractivity contribution is 6.31. The number of nitrogen functional groups attached to an aromatic ring is 1. The summed E-state index contributed by atoms with van der Waals surface area (Å²) in [7, 11) is 0. The fourth-order valence-electron chi connectivity index (χ4n) is 1.77. The Hall–Kier alpha value is -2.18. The number of nitriles is 1. The van der Waals surface area contributed by atoms with Crippen LogP contribution in [0.2, 0.25) is 5.02 Å². The number of nitrogens with two attached hydrogens (primary N) is 1. The van der Waals surface area contributed by atoms with E-state index < -0.39 is 0 Å². The smallest absolute Gasteiger partial charge is 0.138 e. The van der Waals surface area contributed by atoms with Gasteiger partial charge in [0.1, 0.15) is 17.4 Å². The van der Waals surface area contributed by atoms with Crippen molar-refractivity contribution in [3.63, 3.8) is 0 Å². The van der Waals surface area contributed by atoms with Crippen LogP contribution in [0.1, 0.15) is 11.1 Å². The summed E-state index contributed by atoms with van der Waals surface area (Å²) in [4.78, 5) is 0. The molecule has 0 unspecified atom stereocenters. The Morgan fingerprint density at radius 2 is 1.95 bits per heavy atom. The van der Waals surface area contributed by atoms with Gasteiger partial charge in [0.25, 0.3) is 0 Å². The second kappa shape index (κ2) is 6.12. The van der Waals surface area contributed by atoms with Gasteiger partial charge in [0, 0.05) is 12.1 Å². The molecule has 0 radical (unpaired) electrons. The third-order valence-corrected chi connectivity index (χ3v) is 3.09. The van der Waals surface area contributed by atoms with E-state index in [-0.39, 0.29) is 0 Å². The van der Waals surface area contributed by atoms with E-state index in [4.69, 9.17) is 27.3 Å². The van der Waals surface area contributed by atoms with Crippen LogP contribution in [0.25, 0.3) is 0 Å². The SMILES string of the molecule is N#Cc1c(Cl)cccc1OCCc1ccccc1N. The van der Waals surface area contributed by atoms with Gasteiger partial charge in [-0.25, -0.2) is 0 Å². The third kappa shape index (κ3) is 3.18. The van der Waals surface area contributed by atoms with Crippen molar-refractivity contribution in [3.05, 3.63) is 58.6 Å². The molecule has 2 aromatic carbocycles. The molecule has 0 aliphatic heterocycles. The number of halogens is 1. The largest absolute Gasteiger partial charge is 0.492 e. The number of hydrogen-bond donors (Lipinski definition) is 1. The Labute approximate surface area is 117 Å². The van der Waals surface area contributed by atoms with Crippen LogP contribution in [0.3, 0.4) is 0 Å². The first-order valence-electron chi connectivity index (χ1n) is 5.87. The molecule has 0 spiro atoms. The van der Waals surface area contributed by atoms with Crippen molar-refractivity contribution in [1.29, 1.82) is 5.26 Å². The van der Waals surface area contributed by atoms with E-state index in [1.165, 1.54) is 0 Å². The molecule has 0 aromatic heterocycles. The minimum Gasteiger partial charge on any atom is -0.492 e. The highest BCUT2D eigenvalue weighted by atomic mass is 35.5. The molecule has 2 N–H and O–H groups in total. The summed E-state index contributed by atoms with van der Waals surface area (Å²) in [5.74, 6) is 0.504. The molecule has 19 heavy (non-hydrogen) atoms. The van der Waals surface area contributed by atoms with Crippen LogP contribution >= 0.6 is 11.6 Å². The Bertz CT molecular complexity index is 620. The van der Waals surface area contributed by atoms with Crippen LogP contribution in [-0.4, -0.2) is 6.61 Å². The summed E-state index contributed by atoms with van der Waals surface area (Å²) in [6, 6.07) is 14.9. The van der Waals surface area contributed by atoms with Crippen LogP contribution in [-0.2, 0) is 6.42 Å². The minimum absolute atomic E-state index is 0.366. The zero-order chi connectivity index (χ0) is 13.7. The first-order chi connectivity index (χ1) is 9.22. The van der Waals surface area contributed by atoms with Gasteiger partial charge in [0.05, 0.1) is 11.6 Å². The van der Waals surface area contributed by atoms with E-state index in [9.17, 15) is 0 Å². The van der Waals surface area contributed by atoms with Crippen molar-refractivity contribution in [3.8, 4) is 11.8 Å². The molecule has 0 atom stereocenters. The van der Waals surface area contributed by atoms with E-state index in [1.54, 1.807) is 18.2 Å². The number of para-hydroxylation sites is 1. The summed E-state index contributed by atoms with van der Waals surface area (Å²) >= 11 is 5.93. The standard InChI is InChI=1S/C15H13ClN2O/c16-13-5-3-7-15(12(13)10-17)19-9-8-11-4-1-2-6-14(11)18/h1-7H,8-9,18H2. The summed E-state index contributed by atoms with van der Waals surface area (Å²) in [5, 5.41) is 9.43. The Kier molecular flexibility index (Phi) is 4.27. The second-order valence-corrected chi connectivity index (χ2v) is 4.43. The highest BCUT2D eigenvalue weighted by Crippen LogP contribution is 2.25. The molecule has 0 aliphatic rings. The van der Waals surface area contributed by atoms with Crippen molar-refractivity contribution < 1.29 is 4.74 Å². The van der Waals surface area contributed by atoms with Gasteiger partial charge in [0.2, 0.25) is 0 Å². The molecular weight excluding hydrogens is 260 g/mol. The van der Waals surface area contributed by atoms with Crippen molar-refractivity contribution in [2.75, 3.05) is 12.3 Å². The van der Waals surface area contributed by atoms with Gasteiger partial charge >= 0.3 is 0 Å². The normalized spacial score (nSPS) is 9.89. The molecule has 2 aromatic rings. The van der Waals surface area contributed by atoms with Gasteiger partial charge in [-0.2, -0.15) is 5.26 Å². The lowest BCUT2D eigenvalue weighted by Crippen LogP contribution is -2.04. The van der Waals surface area contributed by atoms with Crippen LogP contribution in [0.4, 0.5) is 5.69 Å². The topological polar surface area (TPSA) is 59.0 Å². The number of nitrogens with zero attached hydrogens (tertiary/aromatic N) is 1. The predicted octanol–water partition coefficient (Wildman–Crippen LogP) is 3.42. The minimum atomic E-state index is 0.366. The maximum Gasteiger partial charge on any atom is 0.138 e. The maximum absolute atomic E-state index is 9.03. The fraction of sp³-hybridized carbons (Fsp3) is 0.133. The van der Waals surface area contributed by atoms with Gasteiger partial charge in [-0.15, -0.1) is 0 Å². The number of rotatable bonds is 4. The highest BCUT2D eigenvalue weighted by Gasteiger charge is 2.07. The molecular formula is C15H13ClN2O. The molecule has 3 nitrogen and oxygen atoms in total. The lowest BCUT2D eigenvalue weighted by Gasteiger charge is -2.09. The first-order valence-corrected chi connectivity index (χ1v) is 6.25. The van der Waals surface area contributed by atoms with Crippen molar-refractivity contribution in [1.82, 2.24) is 0 Å². The average molecular weight is 273 g/mol. The number of benzene rings is 2. The van der Waals surface area contributed by atoms with Crippen LogP contribution in [0.5, 0.6) is 5.75 Å². The van der Waals surface area contributed by atoms with Gasteiger partial charge in [-0.3, -0.25) is 0 Å². The number of ether oxygens (including phenoxy) is 1. The molecule has 0 saturated heterocycles. The zero-order valence-corrected chi connectivity index (χ0v) is 11.0. The van der Waals surface area contributed by atoms with Crippen molar-refractivity contribution in [2.45, 2.75) is 6.42 Å². The zero-order valence-electron chi connectivity index (χ0n) is 10.3. The Morgan fingerprint density at radius 1 is 1.16 bits per heavy atom. The molecule has 0 amide bonds. The van der Waals surface area contributed by atoms with Gasteiger partial charge in [-0.05, 0) is 23.8 Å². The number of anilines is 1. The van der Waals surface area contributed by atoms with Crippen LogP contribution in [0.15, 0.2) is 42.5 Å². The summed E-state index contributed by atoms with van der Waals surface area (Å²) in [6.45, 7) is 0.448. The molecule has 0 heterocycles. The van der Waals surface area contributed by atoms with Crippen molar-refractivity contribution >= 4 is 17.3 Å². The molecule has 0 bridgehead atoms. The predicted molar refractivity (Wildman–Crippen MR) is 76.2 cm³/mol. The summed E-state index contributed by atoms with van der Waals surface area (Å²) < 4.78 is 5.61. The van der Waals surface area contributed by atoms with E-state index in [1.807, 2.05) is 30.3 Å². The Morgan fingerprint density at radius 3 is 2.68 bits per heavy atom. The lowest BCUT2D eigenvalue weighted by atomic mass is 10.1. The van der Waals surface area contributed by atoms with Gasteiger partial charge in [0.15, 0.2) is 0 Å². The van der Waals surface area contributed by atoms with E-state index >= 15 is 0 Å². The molecule has 0 saturated carbocycles. The second-order valence-electron chi connectivity index (χ2n) is 4.02. The average Bonchev–Trinajstić information content (AvgIpc) is 2.41. The molecule has 4 heteroatoms. The van der Waals surface area contributed by atoms with Crippen LogP contribution in [0, 0.1) is 11.3 Å². The van der Waals surface area contributed by atoms with Gasteiger partial charge in [-0.1, -0.05) is 35.9 Å². The van der Waals surface area contributed by atoms with Gasteiger partial charge < -0.3 is 10.5 Å². The lowest BCUT2D eigenvalue weighted by molar-refractivity contribution is 0.321. The first kappa shape index (κ1) is 13.3.